The molecule has 1 rings (SSSR count). The Morgan fingerprint density at radius 2 is 2.00 bits per heavy atom. The minimum Gasteiger partial charge on any atom is -0.497 e. The van der Waals surface area contributed by atoms with Gasteiger partial charge in [-0.25, -0.2) is 0 Å². The van der Waals surface area contributed by atoms with E-state index in [2.05, 4.69) is 5.32 Å². The second-order valence-electron chi connectivity index (χ2n) is 4.54. The van der Waals surface area contributed by atoms with E-state index < -0.39 is 5.54 Å². The average Bonchev–Trinajstić information content (AvgIpc) is 2.37. The Balaban J connectivity index is 2.99. The molecule has 18 heavy (non-hydrogen) atoms. The SMILES string of the molecule is COc1ccc(C(=O)NC(C)(C)CCl)c(OC)c1. The van der Waals surface area contributed by atoms with E-state index in [1.165, 1.54) is 7.11 Å². The van der Waals surface area contributed by atoms with E-state index in [0.29, 0.717) is 22.9 Å². The molecule has 1 aromatic carbocycles. The molecule has 5 heteroatoms. The van der Waals surface area contributed by atoms with Crippen LogP contribution in [0.5, 0.6) is 11.5 Å². The van der Waals surface area contributed by atoms with Crippen LogP contribution in [0.1, 0.15) is 24.2 Å². The number of alkyl halides is 1. The molecule has 0 aliphatic heterocycles. The van der Waals surface area contributed by atoms with Gasteiger partial charge in [-0.05, 0) is 26.0 Å². The van der Waals surface area contributed by atoms with Crippen molar-refractivity contribution in [2.75, 3.05) is 20.1 Å². The lowest BCUT2D eigenvalue weighted by Gasteiger charge is -2.23. The maximum atomic E-state index is 12.1. The van der Waals surface area contributed by atoms with Gasteiger partial charge in [-0.15, -0.1) is 11.6 Å². The zero-order valence-electron chi connectivity index (χ0n) is 11.0. The minimum absolute atomic E-state index is 0.222. The van der Waals surface area contributed by atoms with Crippen molar-refractivity contribution in [2.24, 2.45) is 0 Å². The number of carbonyl (C=O) groups excluding carboxylic acids is 1. The van der Waals surface area contributed by atoms with Crippen molar-refractivity contribution in [2.45, 2.75) is 19.4 Å². The number of amides is 1. The zero-order chi connectivity index (χ0) is 13.8. The molecule has 0 atom stereocenters. The third kappa shape index (κ3) is 3.53. The van der Waals surface area contributed by atoms with Gasteiger partial charge in [-0.1, -0.05) is 0 Å². The molecule has 0 saturated carbocycles. The molecule has 0 bridgehead atoms. The van der Waals surface area contributed by atoms with Crippen LogP contribution >= 0.6 is 11.6 Å². The lowest BCUT2D eigenvalue weighted by atomic mass is 10.1. The number of nitrogens with one attached hydrogen (secondary N) is 1. The molecule has 1 N–H and O–H groups in total. The summed E-state index contributed by atoms with van der Waals surface area (Å²) in [5.74, 6) is 1.22. The third-order valence-electron chi connectivity index (χ3n) is 2.44. The topological polar surface area (TPSA) is 47.6 Å². The fourth-order valence-corrected chi connectivity index (χ4v) is 1.46. The smallest absolute Gasteiger partial charge is 0.255 e. The van der Waals surface area contributed by atoms with Crippen LogP contribution in [0.3, 0.4) is 0 Å². The van der Waals surface area contributed by atoms with Gasteiger partial charge in [-0.3, -0.25) is 4.79 Å². The Kier molecular flexibility index (Phi) is 4.84. The molecule has 100 valence electrons. The molecule has 1 aromatic rings. The quantitative estimate of drug-likeness (QED) is 0.837. The molecular weight excluding hydrogens is 254 g/mol. The Morgan fingerprint density at radius 1 is 1.33 bits per heavy atom. The monoisotopic (exact) mass is 271 g/mol. The number of rotatable bonds is 5. The van der Waals surface area contributed by atoms with Gasteiger partial charge in [0.1, 0.15) is 11.5 Å². The van der Waals surface area contributed by atoms with Gasteiger partial charge in [0, 0.05) is 17.5 Å². The first-order valence-corrected chi connectivity index (χ1v) is 6.07. The summed E-state index contributed by atoms with van der Waals surface area (Å²) in [5, 5.41) is 2.84. The lowest BCUT2D eigenvalue weighted by molar-refractivity contribution is 0.0917. The Morgan fingerprint density at radius 3 is 2.50 bits per heavy atom. The van der Waals surface area contributed by atoms with Crippen LogP contribution in [-0.4, -0.2) is 31.5 Å². The zero-order valence-corrected chi connectivity index (χ0v) is 11.8. The van der Waals surface area contributed by atoms with Crippen LogP contribution in [0.2, 0.25) is 0 Å². The second kappa shape index (κ2) is 5.96. The maximum absolute atomic E-state index is 12.1. The highest BCUT2D eigenvalue weighted by Gasteiger charge is 2.22. The normalized spacial score (nSPS) is 10.9. The lowest BCUT2D eigenvalue weighted by Crippen LogP contribution is -2.44. The summed E-state index contributed by atoms with van der Waals surface area (Å²) in [6.45, 7) is 3.71. The molecule has 0 saturated heterocycles. The van der Waals surface area contributed by atoms with Crippen LogP contribution in [0, 0.1) is 0 Å². The minimum atomic E-state index is -0.469. The van der Waals surface area contributed by atoms with Crippen molar-refractivity contribution >= 4 is 17.5 Å². The Labute approximate surface area is 112 Å². The first-order chi connectivity index (χ1) is 8.43. The molecular formula is C13H18ClNO3. The highest BCUT2D eigenvalue weighted by molar-refractivity contribution is 6.18. The fourth-order valence-electron chi connectivity index (χ4n) is 1.39. The van der Waals surface area contributed by atoms with Crippen molar-refractivity contribution in [3.63, 3.8) is 0 Å². The first kappa shape index (κ1) is 14.6. The molecule has 1 amide bonds. The van der Waals surface area contributed by atoms with Crippen molar-refractivity contribution in [3.05, 3.63) is 23.8 Å². The number of hydrogen-bond acceptors (Lipinski definition) is 3. The van der Waals surface area contributed by atoms with Crippen LogP contribution < -0.4 is 14.8 Å². The van der Waals surface area contributed by atoms with Crippen LogP contribution in [0.4, 0.5) is 0 Å². The summed E-state index contributed by atoms with van der Waals surface area (Å²) in [5.41, 5.74) is -0.0136. The second-order valence-corrected chi connectivity index (χ2v) is 4.81. The van der Waals surface area contributed by atoms with E-state index >= 15 is 0 Å². The van der Waals surface area contributed by atoms with E-state index in [9.17, 15) is 4.79 Å². The molecule has 0 heterocycles. The first-order valence-electron chi connectivity index (χ1n) is 5.54. The number of hydrogen-bond donors (Lipinski definition) is 1. The molecule has 0 aromatic heterocycles. The van der Waals surface area contributed by atoms with E-state index in [0.717, 1.165) is 0 Å². The van der Waals surface area contributed by atoms with Gasteiger partial charge in [0.2, 0.25) is 0 Å². The van der Waals surface area contributed by atoms with Crippen molar-refractivity contribution in [1.29, 1.82) is 0 Å². The van der Waals surface area contributed by atoms with E-state index in [-0.39, 0.29) is 5.91 Å². The number of halogens is 1. The summed E-state index contributed by atoms with van der Waals surface area (Å²) in [6.07, 6.45) is 0. The summed E-state index contributed by atoms with van der Waals surface area (Å²) < 4.78 is 10.3. The molecule has 0 radical (unpaired) electrons. The van der Waals surface area contributed by atoms with Crippen molar-refractivity contribution in [3.8, 4) is 11.5 Å². The van der Waals surface area contributed by atoms with E-state index in [1.54, 1.807) is 25.3 Å². The predicted molar refractivity (Wildman–Crippen MR) is 71.8 cm³/mol. The molecule has 0 aliphatic carbocycles. The van der Waals surface area contributed by atoms with Gasteiger partial charge in [0.05, 0.1) is 19.8 Å². The molecule has 0 unspecified atom stereocenters. The van der Waals surface area contributed by atoms with Gasteiger partial charge >= 0.3 is 0 Å². The Hall–Kier alpha value is -1.42. The van der Waals surface area contributed by atoms with Gasteiger partial charge in [-0.2, -0.15) is 0 Å². The summed E-state index contributed by atoms with van der Waals surface area (Å²) in [6, 6.07) is 5.05. The summed E-state index contributed by atoms with van der Waals surface area (Å²) in [4.78, 5) is 12.1. The predicted octanol–water partition coefficient (Wildman–Crippen LogP) is 2.45. The number of benzene rings is 1. The summed E-state index contributed by atoms with van der Waals surface area (Å²) in [7, 11) is 3.07. The largest absolute Gasteiger partial charge is 0.497 e. The van der Waals surface area contributed by atoms with Gasteiger partial charge in [0.25, 0.3) is 5.91 Å². The molecule has 0 aliphatic rings. The van der Waals surface area contributed by atoms with E-state index in [1.807, 2.05) is 13.8 Å². The maximum Gasteiger partial charge on any atom is 0.255 e. The fraction of sp³-hybridized carbons (Fsp3) is 0.462. The number of ether oxygens (including phenoxy) is 2. The standard InChI is InChI=1S/C13H18ClNO3/c1-13(2,8-14)15-12(16)10-6-5-9(17-3)7-11(10)18-4/h5-7H,8H2,1-4H3,(H,15,16). The highest BCUT2D eigenvalue weighted by atomic mass is 35.5. The average molecular weight is 272 g/mol. The van der Waals surface area contributed by atoms with E-state index in [4.69, 9.17) is 21.1 Å². The third-order valence-corrected chi connectivity index (χ3v) is 3.11. The van der Waals surface area contributed by atoms with Gasteiger partial charge in [0.15, 0.2) is 0 Å². The van der Waals surface area contributed by atoms with Crippen molar-refractivity contribution in [1.82, 2.24) is 5.32 Å². The molecule has 0 fully saturated rings. The van der Waals surface area contributed by atoms with Crippen LogP contribution in [-0.2, 0) is 0 Å². The highest BCUT2D eigenvalue weighted by Crippen LogP contribution is 2.25. The van der Waals surface area contributed by atoms with Crippen LogP contribution in [0.15, 0.2) is 18.2 Å². The van der Waals surface area contributed by atoms with Crippen molar-refractivity contribution < 1.29 is 14.3 Å². The molecule has 0 spiro atoms. The Bertz CT molecular complexity index is 432. The number of methoxy groups -OCH3 is 2. The molecule has 4 nitrogen and oxygen atoms in total. The number of carbonyl (C=O) groups is 1. The van der Waals surface area contributed by atoms with Gasteiger partial charge < -0.3 is 14.8 Å². The van der Waals surface area contributed by atoms with Crippen LogP contribution in [0.25, 0.3) is 0 Å². The summed E-state index contributed by atoms with van der Waals surface area (Å²) >= 11 is 5.78.